The van der Waals surface area contributed by atoms with E-state index in [0.717, 1.165) is 11.7 Å². The van der Waals surface area contributed by atoms with Crippen molar-refractivity contribution >= 4 is 0 Å². The molecule has 0 saturated heterocycles. The van der Waals surface area contributed by atoms with Gasteiger partial charge in [-0.1, -0.05) is 32.9 Å². The van der Waals surface area contributed by atoms with Crippen LogP contribution in [0.25, 0.3) is 0 Å². The molecule has 118 valence electrons. The average molecular weight is 289 g/mol. The molecule has 21 heavy (non-hydrogen) atoms. The molecule has 1 unspecified atom stereocenters. The third-order valence-electron chi connectivity index (χ3n) is 5.31. The minimum atomic E-state index is 0.163. The third-order valence-corrected chi connectivity index (χ3v) is 5.31. The molecule has 1 aliphatic carbocycles. The van der Waals surface area contributed by atoms with Gasteiger partial charge in [0.1, 0.15) is 5.75 Å². The lowest BCUT2D eigenvalue weighted by atomic mass is 9.68. The molecule has 1 aromatic carbocycles. The summed E-state index contributed by atoms with van der Waals surface area (Å²) in [6.45, 7) is 9.19. The maximum atomic E-state index is 6.54. The van der Waals surface area contributed by atoms with E-state index in [4.69, 9.17) is 10.5 Å². The first-order valence-electron chi connectivity index (χ1n) is 8.23. The lowest BCUT2D eigenvalue weighted by Gasteiger charge is -2.38. The summed E-state index contributed by atoms with van der Waals surface area (Å²) in [7, 11) is 1.72. The van der Waals surface area contributed by atoms with Crippen LogP contribution in [-0.4, -0.2) is 7.11 Å². The van der Waals surface area contributed by atoms with Gasteiger partial charge in [0, 0.05) is 6.04 Å². The van der Waals surface area contributed by atoms with Crippen LogP contribution in [0.3, 0.4) is 0 Å². The van der Waals surface area contributed by atoms with Crippen molar-refractivity contribution in [2.75, 3.05) is 7.11 Å². The largest absolute Gasteiger partial charge is 0.496 e. The Balaban J connectivity index is 2.02. The quantitative estimate of drug-likeness (QED) is 0.862. The van der Waals surface area contributed by atoms with Gasteiger partial charge in [0.15, 0.2) is 0 Å². The molecule has 2 rings (SSSR count). The summed E-state index contributed by atoms with van der Waals surface area (Å²) in [4.78, 5) is 0. The molecule has 1 aliphatic rings. The fourth-order valence-corrected chi connectivity index (χ4v) is 3.73. The Morgan fingerprint density at radius 1 is 1.14 bits per heavy atom. The van der Waals surface area contributed by atoms with Crippen molar-refractivity contribution in [3.63, 3.8) is 0 Å². The number of aryl methyl sites for hydroxylation is 1. The minimum absolute atomic E-state index is 0.163. The van der Waals surface area contributed by atoms with Crippen molar-refractivity contribution in [3.05, 3.63) is 29.3 Å². The molecule has 0 bridgehead atoms. The van der Waals surface area contributed by atoms with Gasteiger partial charge in [0.25, 0.3) is 0 Å². The number of hydrogen-bond acceptors (Lipinski definition) is 2. The molecule has 0 spiro atoms. The molecule has 0 radical (unpaired) electrons. The Kier molecular flexibility index (Phi) is 4.98. The Morgan fingerprint density at radius 2 is 1.76 bits per heavy atom. The van der Waals surface area contributed by atoms with Crippen molar-refractivity contribution in [2.24, 2.45) is 23.0 Å². The van der Waals surface area contributed by atoms with E-state index in [9.17, 15) is 0 Å². The second-order valence-electron chi connectivity index (χ2n) is 7.73. The van der Waals surface area contributed by atoms with E-state index >= 15 is 0 Å². The van der Waals surface area contributed by atoms with Crippen molar-refractivity contribution in [3.8, 4) is 5.75 Å². The SMILES string of the molecule is COc1ccc(C(N)C2CCC(C(C)(C)C)CC2)cc1C. The van der Waals surface area contributed by atoms with Gasteiger partial charge < -0.3 is 10.5 Å². The molecule has 1 atom stereocenters. The van der Waals surface area contributed by atoms with E-state index in [1.807, 2.05) is 6.07 Å². The first-order chi connectivity index (χ1) is 9.82. The Bertz CT molecular complexity index is 467. The van der Waals surface area contributed by atoms with E-state index in [0.29, 0.717) is 11.3 Å². The maximum absolute atomic E-state index is 6.54. The number of rotatable bonds is 3. The molecule has 0 aromatic heterocycles. The van der Waals surface area contributed by atoms with E-state index in [1.54, 1.807) is 7.11 Å². The topological polar surface area (TPSA) is 35.2 Å². The smallest absolute Gasteiger partial charge is 0.121 e. The number of methoxy groups -OCH3 is 1. The van der Waals surface area contributed by atoms with Crippen LogP contribution in [0.2, 0.25) is 0 Å². The molecular weight excluding hydrogens is 258 g/mol. The molecule has 0 aliphatic heterocycles. The molecular formula is C19H31NO. The molecule has 0 heterocycles. The lowest BCUT2D eigenvalue weighted by Crippen LogP contribution is -2.30. The molecule has 2 N–H and O–H groups in total. The number of ether oxygens (including phenoxy) is 1. The second kappa shape index (κ2) is 6.39. The molecule has 2 heteroatoms. The first kappa shape index (κ1) is 16.4. The van der Waals surface area contributed by atoms with Crippen LogP contribution in [0.4, 0.5) is 0 Å². The maximum Gasteiger partial charge on any atom is 0.121 e. The minimum Gasteiger partial charge on any atom is -0.496 e. The molecule has 2 nitrogen and oxygen atoms in total. The van der Waals surface area contributed by atoms with Crippen molar-refractivity contribution in [1.29, 1.82) is 0 Å². The second-order valence-corrected chi connectivity index (χ2v) is 7.73. The number of hydrogen-bond donors (Lipinski definition) is 1. The summed E-state index contributed by atoms with van der Waals surface area (Å²) >= 11 is 0. The average Bonchev–Trinajstić information content (AvgIpc) is 2.45. The van der Waals surface area contributed by atoms with Gasteiger partial charge in [-0.3, -0.25) is 0 Å². The Labute approximate surface area is 130 Å². The van der Waals surface area contributed by atoms with Crippen molar-refractivity contribution < 1.29 is 4.74 Å². The zero-order chi connectivity index (χ0) is 15.6. The molecule has 1 fully saturated rings. The third kappa shape index (κ3) is 3.79. The van der Waals surface area contributed by atoms with Gasteiger partial charge in [-0.05, 0) is 67.1 Å². The van der Waals surface area contributed by atoms with Gasteiger partial charge in [0.05, 0.1) is 7.11 Å². The van der Waals surface area contributed by atoms with Crippen LogP contribution in [0.5, 0.6) is 5.75 Å². The van der Waals surface area contributed by atoms with Gasteiger partial charge in [-0.25, -0.2) is 0 Å². The van der Waals surface area contributed by atoms with Gasteiger partial charge >= 0.3 is 0 Å². The molecule has 1 saturated carbocycles. The van der Waals surface area contributed by atoms with Crippen LogP contribution in [0.1, 0.15) is 63.6 Å². The number of benzene rings is 1. The zero-order valence-corrected chi connectivity index (χ0v) is 14.3. The van der Waals surface area contributed by atoms with Gasteiger partial charge in [0.2, 0.25) is 0 Å². The fraction of sp³-hybridized carbons (Fsp3) is 0.684. The lowest BCUT2D eigenvalue weighted by molar-refractivity contribution is 0.139. The summed E-state index contributed by atoms with van der Waals surface area (Å²) in [5.74, 6) is 2.41. The highest BCUT2D eigenvalue weighted by Crippen LogP contribution is 2.43. The number of nitrogens with two attached hydrogens (primary N) is 1. The normalized spacial score (nSPS) is 24.7. The van der Waals surface area contributed by atoms with E-state index in [-0.39, 0.29) is 6.04 Å². The van der Waals surface area contributed by atoms with Crippen LogP contribution in [0, 0.1) is 24.2 Å². The van der Waals surface area contributed by atoms with Gasteiger partial charge in [-0.2, -0.15) is 0 Å². The summed E-state index contributed by atoms with van der Waals surface area (Å²) < 4.78 is 5.34. The highest BCUT2D eigenvalue weighted by Gasteiger charge is 2.32. The summed E-state index contributed by atoms with van der Waals surface area (Å²) in [6.07, 6.45) is 5.15. The highest BCUT2D eigenvalue weighted by atomic mass is 16.5. The van der Waals surface area contributed by atoms with Crippen LogP contribution < -0.4 is 10.5 Å². The summed E-state index contributed by atoms with van der Waals surface area (Å²) in [5, 5.41) is 0. The molecule has 0 amide bonds. The monoisotopic (exact) mass is 289 g/mol. The van der Waals surface area contributed by atoms with E-state index < -0.39 is 0 Å². The highest BCUT2D eigenvalue weighted by molar-refractivity contribution is 5.37. The Hall–Kier alpha value is -1.02. The Morgan fingerprint density at radius 3 is 2.24 bits per heavy atom. The van der Waals surface area contributed by atoms with Gasteiger partial charge in [-0.15, -0.1) is 0 Å². The molecule has 1 aromatic rings. The van der Waals surface area contributed by atoms with Crippen LogP contribution in [0.15, 0.2) is 18.2 Å². The summed E-state index contributed by atoms with van der Waals surface area (Å²) in [5.41, 5.74) is 9.41. The van der Waals surface area contributed by atoms with E-state index in [1.165, 1.54) is 36.8 Å². The van der Waals surface area contributed by atoms with Crippen molar-refractivity contribution in [1.82, 2.24) is 0 Å². The fourth-order valence-electron chi connectivity index (χ4n) is 3.73. The predicted octanol–water partition coefficient (Wildman–Crippen LogP) is 4.86. The van der Waals surface area contributed by atoms with Crippen molar-refractivity contribution in [2.45, 2.75) is 59.4 Å². The first-order valence-corrected chi connectivity index (χ1v) is 8.23. The predicted molar refractivity (Wildman–Crippen MR) is 89.6 cm³/mol. The summed E-state index contributed by atoms with van der Waals surface area (Å²) in [6, 6.07) is 6.53. The standard InChI is InChI=1S/C19H31NO/c1-13-12-15(8-11-17(13)21-5)18(20)14-6-9-16(10-7-14)19(2,3)4/h8,11-12,14,16,18H,6-7,9-10,20H2,1-5H3. The van der Waals surface area contributed by atoms with E-state index in [2.05, 4.69) is 39.8 Å². The van der Waals surface area contributed by atoms with Crippen LogP contribution in [-0.2, 0) is 0 Å². The van der Waals surface area contributed by atoms with Crippen LogP contribution >= 0.6 is 0 Å². The zero-order valence-electron chi connectivity index (χ0n) is 14.3.